The standard InChI is InChI=1S/C24H31NO2/c1-3-22(17-18-24(26)27)25(4-2)19-11-16-23(20-12-7-5-8-13-20)21-14-9-6-10-15-21/h5-10,12-16,22H,3-4,11,17-19H2,1-2H3,(H,26,27). The summed E-state index contributed by atoms with van der Waals surface area (Å²) in [6.45, 7) is 6.18. The van der Waals surface area contributed by atoms with Crippen molar-refractivity contribution in [3.8, 4) is 0 Å². The third-order valence-electron chi connectivity index (χ3n) is 5.02. The molecule has 2 aromatic carbocycles. The van der Waals surface area contributed by atoms with Crippen LogP contribution in [0, 0.1) is 0 Å². The van der Waals surface area contributed by atoms with Crippen LogP contribution in [0.4, 0.5) is 0 Å². The number of carboxylic acid groups (broad SMARTS) is 1. The van der Waals surface area contributed by atoms with E-state index in [0.717, 1.165) is 25.9 Å². The Morgan fingerprint density at radius 2 is 1.56 bits per heavy atom. The highest BCUT2D eigenvalue weighted by atomic mass is 16.4. The Morgan fingerprint density at radius 3 is 2.00 bits per heavy atom. The predicted octanol–water partition coefficient (Wildman–Crippen LogP) is 5.47. The molecule has 0 saturated heterocycles. The maximum absolute atomic E-state index is 10.9. The first-order valence-corrected chi connectivity index (χ1v) is 9.92. The minimum atomic E-state index is -0.708. The lowest BCUT2D eigenvalue weighted by molar-refractivity contribution is -0.137. The van der Waals surface area contributed by atoms with E-state index in [2.05, 4.69) is 73.4 Å². The Labute approximate surface area is 163 Å². The zero-order chi connectivity index (χ0) is 19.5. The number of rotatable bonds is 11. The molecule has 27 heavy (non-hydrogen) atoms. The van der Waals surface area contributed by atoms with Gasteiger partial charge >= 0.3 is 5.97 Å². The molecular formula is C24H31NO2. The van der Waals surface area contributed by atoms with Gasteiger partial charge < -0.3 is 10.0 Å². The van der Waals surface area contributed by atoms with Gasteiger partial charge in [0.25, 0.3) is 0 Å². The smallest absolute Gasteiger partial charge is 0.303 e. The van der Waals surface area contributed by atoms with E-state index in [1.807, 2.05) is 12.1 Å². The molecule has 0 amide bonds. The Bertz CT molecular complexity index is 668. The van der Waals surface area contributed by atoms with Gasteiger partial charge in [-0.1, -0.05) is 80.6 Å². The van der Waals surface area contributed by atoms with Crippen LogP contribution >= 0.6 is 0 Å². The highest BCUT2D eigenvalue weighted by Gasteiger charge is 2.16. The second-order valence-corrected chi connectivity index (χ2v) is 6.76. The van der Waals surface area contributed by atoms with Crippen LogP contribution in [0.2, 0.25) is 0 Å². The number of nitrogens with zero attached hydrogens (tertiary/aromatic N) is 1. The van der Waals surface area contributed by atoms with Crippen molar-refractivity contribution in [3.63, 3.8) is 0 Å². The fraction of sp³-hybridized carbons (Fsp3) is 0.375. The van der Waals surface area contributed by atoms with E-state index < -0.39 is 5.97 Å². The molecule has 0 heterocycles. The van der Waals surface area contributed by atoms with Crippen LogP contribution in [0.3, 0.4) is 0 Å². The highest BCUT2D eigenvalue weighted by Crippen LogP contribution is 2.24. The monoisotopic (exact) mass is 365 g/mol. The van der Waals surface area contributed by atoms with Gasteiger partial charge in [-0.05, 0) is 42.5 Å². The van der Waals surface area contributed by atoms with Crippen molar-refractivity contribution in [1.29, 1.82) is 0 Å². The average Bonchev–Trinajstić information content (AvgIpc) is 2.71. The molecule has 2 aromatic rings. The van der Waals surface area contributed by atoms with Crippen molar-refractivity contribution in [2.45, 2.75) is 45.6 Å². The number of carbonyl (C=O) groups is 1. The van der Waals surface area contributed by atoms with Crippen LogP contribution in [0.25, 0.3) is 5.57 Å². The molecule has 0 aliphatic heterocycles. The lowest BCUT2D eigenvalue weighted by Gasteiger charge is -2.29. The molecule has 0 aromatic heterocycles. The molecule has 1 N–H and O–H groups in total. The molecule has 3 heteroatoms. The zero-order valence-electron chi connectivity index (χ0n) is 16.5. The largest absolute Gasteiger partial charge is 0.481 e. The topological polar surface area (TPSA) is 40.5 Å². The van der Waals surface area contributed by atoms with Gasteiger partial charge in [0.15, 0.2) is 0 Å². The van der Waals surface area contributed by atoms with Gasteiger partial charge in [-0.2, -0.15) is 0 Å². The van der Waals surface area contributed by atoms with Gasteiger partial charge in [0, 0.05) is 19.0 Å². The Hall–Kier alpha value is -2.39. The number of aliphatic carboxylic acids is 1. The Kier molecular flexibility index (Phi) is 8.79. The summed E-state index contributed by atoms with van der Waals surface area (Å²) in [6, 6.07) is 21.3. The molecule has 0 fully saturated rings. The third-order valence-corrected chi connectivity index (χ3v) is 5.02. The van der Waals surface area contributed by atoms with Gasteiger partial charge in [0.05, 0.1) is 0 Å². The highest BCUT2D eigenvalue weighted by molar-refractivity contribution is 5.79. The summed E-state index contributed by atoms with van der Waals surface area (Å²) in [5, 5.41) is 8.99. The maximum Gasteiger partial charge on any atom is 0.303 e. The van der Waals surface area contributed by atoms with Crippen molar-refractivity contribution >= 4 is 11.5 Å². The minimum absolute atomic E-state index is 0.240. The lowest BCUT2D eigenvalue weighted by atomic mass is 9.97. The van der Waals surface area contributed by atoms with Gasteiger partial charge in [-0.3, -0.25) is 4.79 Å². The van der Waals surface area contributed by atoms with Crippen LogP contribution in [0.15, 0.2) is 66.7 Å². The molecule has 0 saturated carbocycles. The predicted molar refractivity (Wildman–Crippen MR) is 113 cm³/mol. The number of hydrogen-bond donors (Lipinski definition) is 1. The Balaban J connectivity index is 2.12. The quantitative estimate of drug-likeness (QED) is 0.574. The fourth-order valence-corrected chi connectivity index (χ4v) is 3.55. The molecule has 1 atom stereocenters. The maximum atomic E-state index is 10.9. The first-order chi connectivity index (χ1) is 13.2. The number of benzene rings is 2. The summed E-state index contributed by atoms with van der Waals surface area (Å²) in [5.41, 5.74) is 3.71. The first kappa shape index (κ1) is 20.9. The van der Waals surface area contributed by atoms with E-state index in [9.17, 15) is 4.79 Å². The molecule has 0 bridgehead atoms. The van der Waals surface area contributed by atoms with E-state index in [1.165, 1.54) is 16.7 Å². The normalized spacial score (nSPS) is 12.0. The molecule has 0 radical (unpaired) electrons. The summed E-state index contributed by atoms with van der Waals surface area (Å²) in [7, 11) is 0. The van der Waals surface area contributed by atoms with Crippen molar-refractivity contribution in [1.82, 2.24) is 4.90 Å². The fourth-order valence-electron chi connectivity index (χ4n) is 3.55. The minimum Gasteiger partial charge on any atom is -0.481 e. The van der Waals surface area contributed by atoms with Crippen molar-refractivity contribution in [3.05, 3.63) is 77.9 Å². The Morgan fingerprint density at radius 1 is 1.00 bits per heavy atom. The molecule has 0 spiro atoms. The average molecular weight is 366 g/mol. The first-order valence-electron chi connectivity index (χ1n) is 9.92. The second-order valence-electron chi connectivity index (χ2n) is 6.76. The summed E-state index contributed by atoms with van der Waals surface area (Å²) < 4.78 is 0. The number of carboxylic acids is 1. The van der Waals surface area contributed by atoms with Crippen molar-refractivity contribution in [2.75, 3.05) is 13.1 Å². The SMILES string of the molecule is CCC(CCC(=O)O)N(CC)CCC=C(c1ccccc1)c1ccccc1. The van der Waals surface area contributed by atoms with Crippen LogP contribution in [-0.2, 0) is 4.79 Å². The number of hydrogen-bond acceptors (Lipinski definition) is 2. The lowest BCUT2D eigenvalue weighted by Crippen LogP contribution is -2.35. The summed E-state index contributed by atoms with van der Waals surface area (Å²) in [4.78, 5) is 13.3. The van der Waals surface area contributed by atoms with Crippen LogP contribution in [-0.4, -0.2) is 35.1 Å². The van der Waals surface area contributed by atoms with E-state index in [-0.39, 0.29) is 6.42 Å². The molecule has 0 aliphatic rings. The van der Waals surface area contributed by atoms with Gasteiger partial charge in [0.1, 0.15) is 0 Å². The summed E-state index contributed by atoms with van der Waals surface area (Å²) >= 11 is 0. The molecular weight excluding hydrogens is 334 g/mol. The van der Waals surface area contributed by atoms with Crippen molar-refractivity contribution in [2.24, 2.45) is 0 Å². The van der Waals surface area contributed by atoms with Crippen molar-refractivity contribution < 1.29 is 9.90 Å². The van der Waals surface area contributed by atoms with E-state index in [4.69, 9.17) is 5.11 Å². The van der Waals surface area contributed by atoms with E-state index in [0.29, 0.717) is 12.5 Å². The molecule has 2 rings (SSSR count). The zero-order valence-corrected chi connectivity index (χ0v) is 16.5. The molecule has 144 valence electrons. The van der Waals surface area contributed by atoms with Crippen LogP contribution < -0.4 is 0 Å². The van der Waals surface area contributed by atoms with E-state index in [1.54, 1.807) is 0 Å². The van der Waals surface area contributed by atoms with E-state index >= 15 is 0 Å². The second kappa shape index (κ2) is 11.3. The van der Waals surface area contributed by atoms with Gasteiger partial charge in [0.2, 0.25) is 0 Å². The summed E-state index contributed by atoms with van der Waals surface area (Å²) in [5.74, 6) is -0.708. The van der Waals surface area contributed by atoms with Crippen LogP contribution in [0.1, 0.15) is 50.7 Å². The third kappa shape index (κ3) is 6.69. The molecule has 3 nitrogen and oxygen atoms in total. The van der Waals surface area contributed by atoms with Gasteiger partial charge in [-0.25, -0.2) is 0 Å². The molecule has 0 aliphatic carbocycles. The molecule has 1 unspecified atom stereocenters. The van der Waals surface area contributed by atoms with Crippen LogP contribution in [0.5, 0.6) is 0 Å². The van der Waals surface area contributed by atoms with Gasteiger partial charge in [-0.15, -0.1) is 0 Å². The summed E-state index contributed by atoms with van der Waals surface area (Å²) in [6.07, 6.45) is 5.20.